The van der Waals surface area contributed by atoms with E-state index in [0.29, 0.717) is 17.6 Å². The molecule has 1 unspecified atom stereocenters. The van der Waals surface area contributed by atoms with Gasteiger partial charge in [0.05, 0.1) is 24.1 Å². The van der Waals surface area contributed by atoms with Gasteiger partial charge >= 0.3 is 30.0 Å². The zero-order valence-electron chi connectivity index (χ0n) is 37.0. The van der Waals surface area contributed by atoms with Gasteiger partial charge in [0.2, 0.25) is 0 Å². The highest BCUT2D eigenvalue weighted by atomic mass is 31.0. The molecule has 3 fully saturated rings. The molecule has 4 aliphatic rings. The van der Waals surface area contributed by atoms with Crippen molar-refractivity contribution in [3.05, 3.63) is 82.9 Å². The predicted octanol–water partition coefficient (Wildman–Crippen LogP) is 5.71. The maximum atomic E-state index is 14.6. The van der Waals surface area contributed by atoms with Gasteiger partial charge in [-0.2, -0.15) is 0 Å². The maximum Gasteiger partial charge on any atom is 0.408 e. The smallest absolute Gasteiger partial charge is 0.408 e. The Morgan fingerprint density at radius 1 is 0.919 bits per heavy atom. The van der Waals surface area contributed by atoms with Gasteiger partial charge < -0.3 is 48.5 Å². The van der Waals surface area contributed by atoms with Gasteiger partial charge in [-0.1, -0.05) is 76.2 Å². The topological polar surface area (TPSA) is 202 Å². The molecule has 16 heteroatoms. The lowest BCUT2D eigenvalue weighted by atomic mass is 9.43. The number of hydrogen-bond donors (Lipinski definition) is 3. The minimum Gasteiger partial charge on any atom is -0.456 e. The number of aliphatic hydroxyl groups is 2. The third-order valence-electron chi connectivity index (χ3n) is 13.7. The van der Waals surface area contributed by atoms with E-state index >= 15 is 0 Å². The molecule has 13 atom stereocenters. The highest BCUT2D eigenvalue weighted by Gasteiger charge is 2.77. The van der Waals surface area contributed by atoms with Crippen molar-refractivity contribution in [1.29, 1.82) is 0 Å². The number of hydrogen-bond acceptors (Lipinski definition) is 14. The third-order valence-corrected chi connectivity index (χ3v) is 14.0. The second-order valence-electron chi connectivity index (χ2n) is 18.9. The summed E-state index contributed by atoms with van der Waals surface area (Å²) >= 11 is 0. The van der Waals surface area contributed by atoms with Gasteiger partial charge in [0.25, 0.3) is 0 Å². The Morgan fingerprint density at radius 3 is 2.06 bits per heavy atom. The predicted molar refractivity (Wildman–Crippen MR) is 226 cm³/mol. The first-order valence-corrected chi connectivity index (χ1v) is 21.4. The van der Waals surface area contributed by atoms with Gasteiger partial charge in [0.15, 0.2) is 17.8 Å². The van der Waals surface area contributed by atoms with E-state index in [9.17, 15) is 34.2 Å². The first kappa shape index (κ1) is 47.1. The van der Waals surface area contributed by atoms with Crippen LogP contribution >= 0.6 is 9.47 Å². The van der Waals surface area contributed by atoms with Crippen LogP contribution in [-0.2, 0) is 47.3 Å². The van der Waals surface area contributed by atoms with Crippen LogP contribution in [0, 0.1) is 22.7 Å². The Kier molecular flexibility index (Phi) is 13.1. The molecule has 1 saturated heterocycles. The summed E-state index contributed by atoms with van der Waals surface area (Å²) in [5, 5.41) is 29.6. The normalized spacial score (nSPS) is 33.3. The average Bonchev–Trinajstić information content (AvgIpc) is 3.18. The van der Waals surface area contributed by atoms with Gasteiger partial charge in [0, 0.05) is 40.6 Å². The molecule has 0 aromatic heterocycles. The van der Waals surface area contributed by atoms with E-state index < -0.39 is 119 Å². The molecule has 2 aromatic rings. The molecule has 1 aliphatic heterocycles. The van der Waals surface area contributed by atoms with Crippen LogP contribution in [0.15, 0.2) is 71.8 Å². The van der Waals surface area contributed by atoms with Gasteiger partial charge in [-0.15, -0.1) is 0 Å². The molecule has 0 radical (unpaired) electrons. The summed E-state index contributed by atoms with van der Waals surface area (Å²) < 4.78 is 42.5. The second kappa shape index (κ2) is 17.3. The third kappa shape index (κ3) is 8.27. The zero-order chi connectivity index (χ0) is 45.7. The molecular formula is C46H60NO14P. The summed E-state index contributed by atoms with van der Waals surface area (Å²) in [4.78, 5) is 68.4. The van der Waals surface area contributed by atoms with E-state index in [1.54, 1.807) is 109 Å². The first-order chi connectivity index (χ1) is 28.9. The molecule has 3 aliphatic carbocycles. The van der Waals surface area contributed by atoms with E-state index in [-0.39, 0.29) is 17.7 Å². The fraction of sp³-hybridized carbons (Fsp3) is 0.587. The number of benzene rings is 2. The Morgan fingerprint density at radius 2 is 1.53 bits per heavy atom. The van der Waals surface area contributed by atoms with E-state index in [4.69, 9.17) is 32.9 Å². The van der Waals surface area contributed by atoms with Crippen LogP contribution in [-0.4, -0.2) is 100 Å². The molecule has 2 bridgehead atoms. The fourth-order valence-corrected chi connectivity index (χ4v) is 10.7. The van der Waals surface area contributed by atoms with Crippen molar-refractivity contribution in [2.24, 2.45) is 22.7 Å². The molecule has 1 heterocycles. The Balaban J connectivity index is 1.55. The molecule has 15 nitrogen and oxygen atoms in total. The summed E-state index contributed by atoms with van der Waals surface area (Å²) in [6.45, 7) is 16.1. The van der Waals surface area contributed by atoms with Crippen LogP contribution in [0.5, 0.6) is 0 Å². The second-order valence-corrected chi connectivity index (χ2v) is 19.1. The monoisotopic (exact) mass is 881 g/mol. The maximum absolute atomic E-state index is 14.6. The number of aliphatic hydroxyl groups excluding tert-OH is 1. The highest BCUT2D eigenvalue weighted by molar-refractivity contribution is 7.09. The molecule has 338 valence electrons. The number of fused-ring (bicyclic) bond motifs is 5. The van der Waals surface area contributed by atoms with Crippen molar-refractivity contribution in [3.8, 4) is 0 Å². The summed E-state index contributed by atoms with van der Waals surface area (Å²) in [5.74, 6) is -4.81. The molecular weight excluding hydrogens is 821 g/mol. The minimum atomic E-state index is -2.21. The number of carbonyl (C=O) groups excluding carboxylic acids is 5. The van der Waals surface area contributed by atoms with E-state index in [1.807, 2.05) is 16.4 Å². The number of esters is 4. The number of nitrogens with one attached hydrogen (secondary N) is 1. The Hall–Kier alpha value is -4.40. The molecule has 3 N–H and O–H groups in total. The lowest BCUT2D eigenvalue weighted by molar-refractivity contribution is -0.358. The zero-order valence-corrected chi connectivity index (χ0v) is 38.1. The summed E-state index contributed by atoms with van der Waals surface area (Å²) in [5.41, 5.74) is -6.28. The Bertz CT molecular complexity index is 2070. The van der Waals surface area contributed by atoms with Crippen LogP contribution in [0.1, 0.15) is 104 Å². The van der Waals surface area contributed by atoms with E-state index in [0.717, 1.165) is 0 Å². The van der Waals surface area contributed by atoms with Crippen LogP contribution in [0.25, 0.3) is 0 Å². The molecule has 1 amide bonds. The summed E-state index contributed by atoms with van der Waals surface area (Å²) in [7, 11) is 2.04. The average molecular weight is 882 g/mol. The number of alkyl carbamates (subject to hydrolysis) is 1. The lowest BCUT2D eigenvalue weighted by Gasteiger charge is -2.69. The van der Waals surface area contributed by atoms with E-state index in [1.165, 1.54) is 13.8 Å². The van der Waals surface area contributed by atoms with Gasteiger partial charge in [-0.05, 0) is 68.9 Å². The van der Waals surface area contributed by atoms with E-state index in [2.05, 4.69) is 5.32 Å². The Labute approximate surface area is 364 Å². The fourth-order valence-electron chi connectivity index (χ4n) is 10.5. The molecule has 2 aromatic carbocycles. The molecule has 2 saturated carbocycles. The quantitative estimate of drug-likeness (QED) is 0.113. The number of amides is 1. The molecule has 6 rings (SSSR count). The largest absolute Gasteiger partial charge is 0.456 e. The van der Waals surface area contributed by atoms with Gasteiger partial charge in [-0.3, -0.25) is 9.59 Å². The summed E-state index contributed by atoms with van der Waals surface area (Å²) in [6.07, 6.45) is -9.06. The van der Waals surface area contributed by atoms with Crippen molar-refractivity contribution in [2.45, 2.75) is 142 Å². The van der Waals surface area contributed by atoms with Crippen molar-refractivity contribution in [2.75, 3.05) is 6.61 Å². The van der Waals surface area contributed by atoms with Crippen LogP contribution < -0.4 is 5.32 Å². The van der Waals surface area contributed by atoms with Crippen molar-refractivity contribution < 1.29 is 67.1 Å². The van der Waals surface area contributed by atoms with Crippen LogP contribution in [0.3, 0.4) is 0 Å². The van der Waals surface area contributed by atoms with Crippen LogP contribution in [0.2, 0.25) is 0 Å². The van der Waals surface area contributed by atoms with Crippen molar-refractivity contribution in [1.82, 2.24) is 5.32 Å². The SMILES string of the molecule is CC(=O)O[C@@H]1C2=C(C)[C@@H](OC(=O)[C@H](OP)[C@@H](NC(=O)OC(C)(C)C)c3ccccc3)C[C@@](O)([C@@H](OC(=O)c3ccccc3)[C@@H]3[C@]4(OC(C)=O)CO[C@@H]4C[C@H](C)[C@@]3(C)[C@H]1O)C2(C)C. The minimum absolute atomic E-state index is 0.149. The first-order valence-electron chi connectivity index (χ1n) is 20.9. The molecule has 0 spiro atoms. The van der Waals surface area contributed by atoms with Crippen LogP contribution in [0.4, 0.5) is 4.79 Å². The standard InChI is InChI=1S/C46H60NO14P/c1-24-21-31-45(23-55-31,59-27(4)49)36-38(58-39(51)29-19-15-12-16-20-29)46(54)22-30(25(2)32(43(46,8)9)34(56-26(3)48)37(50)44(24,36)10)57-40(52)35(61-62)33(28-17-13-11-14-18-28)47-41(53)60-42(5,6)7/h11-20,24,30-31,33-38,50,54H,21-23,62H2,1-10H3,(H,47,53)/t24-,30-,31+,33-,34+,35+,36-,37-,38-,44+,45-,46+/m0/s1. The number of carbonyl (C=O) groups is 5. The van der Waals surface area contributed by atoms with Crippen molar-refractivity contribution >= 4 is 39.4 Å². The van der Waals surface area contributed by atoms with Crippen molar-refractivity contribution in [3.63, 3.8) is 0 Å². The van der Waals surface area contributed by atoms with Gasteiger partial charge in [0.1, 0.15) is 35.6 Å². The number of rotatable bonds is 10. The number of ether oxygens (including phenoxy) is 6. The highest BCUT2D eigenvalue weighted by Crippen LogP contribution is 2.66. The molecule has 62 heavy (non-hydrogen) atoms. The lowest BCUT2D eigenvalue weighted by Crippen LogP contribution is -2.81. The summed E-state index contributed by atoms with van der Waals surface area (Å²) in [6, 6.07) is 15.6. The van der Waals surface area contributed by atoms with Gasteiger partial charge in [-0.25, -0.2) is 14.4 Å².